The summed E-state index contributed by atoms with van der Waals surface area (Å²) in [5.41, 5.74) is 1.47. The first-order valence-corrected chi connectivity index (χ1v) is 10.1. The predicted molar refractivity (Wildman–Crippen MR) is 92.9 cm³/mol. The van der Waals surface area contributed by atoms with E-state index in [9.17, 15) is 0 Å². The van der Waals surface area contributed by atoms with Crippen molar-refractivity contribution in [3.63, 3.8) is 0 Å². The zero-order valence-corrected chi connectivity index (χ0v) is 13.8. The lowest BCUT2D eigenvalue weighted by atomic mass is 10.2. The molecule has 1 aliphatic rings. The molecule has 1 unspecified atom stereocenters. The van der Waals surface area contributed by atoms with Gasteiger partial charge >= 0.3 is 0 Å². The Morgan fingerprint density at radius 2 is 1.38 bits per heavy atom. The third-order valence-corrected chi connectivity index (χ3v) is 9.10. The minimum atomic E-state index is -1.20. The molecule has 3 rings (SSSR count). The van der Waals surface area contributed by atoms with Crippen molar-refractivity contribution in [2.24, 2.45) is 0 Å². The number of rotatable bonds is 3. The van der Waals surface area contributed by atoms with Crippen LogP contribution in [0.1, 0.15) is 19.4 Å². The van der Waals surface area contributed by atoms with Gasteiger partial charge in [-0.05, 0) is 31.5 Å². The molecule has 1 saturated heterocycles. The molecule has 2 aromatic carbocycles. The molecule has 2 heteroatoms. The molecule has 0 aromatic heterocycles. The monoisotopic (exact) mass is 299 g/mol. The Morgan fingerprint density at radius 3 is 1.95 bits per heavy atom. The number of hydrogen-bond donors (Lipinski definition) is 0. The van der Waals surface area contributed by atoms with Gasteiger partial charge in [0.05, 0.1) is 43.3 Å². The molecular formula is C19H24OP+. The maximum Gasteiger partial charge on any atom is 0.0945 e. The highest BCUT2D eigenvalue weighted by molar-refractivity contribution is 7.82. The Labute approximate surface area is 128 Å². The smallest absolute Gasteiger partial charge is 0.0945 e. The van der Waals surface area contributed by atoms with Crippen LogP contribution in [0.4, 0.5) is 0 Å². The van der Waals surface area contributed by atoms with Crippen molar-refractivity contribution in [1.29, 1.82) is 0 Å². The highest BCUT2D eigenvalue weighted by Gasteiger charge is 2.46. The molecule has 0 radical (unpaired) electrons. The largest absolute Gasteiger partial charge is 0.368 e. The zero-order valence-electron chi connectivity index (χ0n) is 12.9. The molecule has 1 nitrogen and oxygen atoms in total. The van der Waals surface area contributed by atoms with Gasteiger partial charge in [-0.1, -0.05) is 48.5 Å². The molecule has 21 heavy (non-hydrogen) atoms. The van der Waals surface area contributed by atoms with Crippen molar-refractivity contribution in [3.05, 3.63) is 66.2 Å². The molecular weight excluding hydrogens is 275 g/mol. The van der Waals surface area contributed by atoms with Crippen molar-refractivity contribution >= 4 is 12.6 Å². The molecule has 1 heterocycles. The molecule has 0 aliphatic carbocycles. The van der Waals surface area contributed by atoms with Crippen LogP contribution in [0.2, 0.25) is 0 Å². The highest BCUT2D eigenvalue weighted by Crippen LogP contribution is 2.63. The summed E-state index contributed by atoms with van der Waals surface area (Å²) in [4.78, 5) is 0. The second kappa shape index (κ2) is 6.30. The molecule has 0 bridgehead atoms. The summed E-state index contributed by atoms with van der Waals surface area (Å²) in [6, 6.07) is 22.1. The van der Waals surface area contributed by atoms with E-state index in [1.807, 2.05) is 0 Å². The molecule has 2 aromatic rings. The van der Waals surface area contributed by atoms with E-state index in [0.29, 0.717) is 12.2 Å². The van der Waals surface area contributed by atoms with E-state index in [1.165, 1.54) is 24.0 Å². The van der Waals surface area contributed by atoms with Crippen LogP contribution in [0.15, 0.2) is 60.7 Å². The van der Waals surface area contributed by atoms with Crippen LogP contribution in [-0.2, 0) is 10.9 Å². The summed E-state index contributed by atoms with van der Waals surface area (Å²) in [5.74, 6) is 0. The van der Waals surface area contributed by atoms with Crippen molar-refractivity contribution in [1.82, 2.24) is 0 Å². The van der Waals surface area contributed by atoms with Gasteiger partial charge in [0.1, 0.15) is 0 Å². The van der Waals surface area contributed by atoms with Gasteiger partial charge in [-0.3, -0.25) is 0 Å². The van der Waals surface area contributed by atoms with Crippen LogP contribution < -0.4 is 5.30 Å². The Bertz CT molecular complexity index is 557. The Morgan fingerprint density at radius 1 is 0.857 bits per heavy atom. The normalized spacial score (nSPS) is 29.2. The van der Waals surface area contributed by atoms with Crippen LogP contribution in [0.25, 0.3) is 0 Å². The summed E-state index contributed by atoms with van der Waals surface area (Å²) in [6.45, 7) is 4.47. The van der Waals surface area contributed by atoms with Crippen LogP contribution in [0.3, 0.4) is 0 Å². The maximum atomic E-state index is 6.03. The average Bonchev–Trinajstić information content (AvgIpc) is 2.48. The van der Waals surface area contributed by atoms with E-state index < -0.39 is 7.26 Å². The average molecular weight is 299 g/mol. The standard InChI is InChI=1S/C19H24OP/c1-16-13-21(14-17(2)20-16,19-11-7-4-8-12-19)15-18-9-5-3-6-10-18/h3-12,16-17H,13-15H2,1-2H3/q+1/t16-,17+,21?. The van der Waals surface area contributed by atoms with E-state index >= 15 is 0 Å². The van der Waals surface area contributed by atoms with E-state index in [2.05, 4.69) is 74.5 Å². The number of hydrogen-bond acceptors (Lipinski definition) is 1. The van der Waals surface area contributed by atoms with Gasteiger partial charge in [0.2, 0.25) is 0 Å². The lowest BCUT2D eigenvalue weighted by molar-refractivity contribution is 0.0259. The summed E-state index contributed by atoms with van der Waals surface area (Å²) >= 11 is 0. The first-order valence-electron chi connectivity index (χ1n) is 7.79. The lowest BCUT2D eigenvalue weighted by Crippen LogP contribution is -2.37. The molecule has 0 saturated carbocycles. The molecule has 0 spiro atoms. The van der Waals surface area contributed by atoms with Crippen molar-refractivity contribution < 1.29 is 4.74 Å². The summed E-state index contributed by atoms with van der Waals surface area (Å²) < 4.78 is 6.03. The van der Waals surface area contributed by atoms with Crippen LogP contribution in [0, 0.1) is 0 Å². The van der Waals surface area contributed by atoms with Crippen molar-refractivity contribution in [3.8, 4) is 0 Å². The minimum Gasteiger partial charge on any atom is -0.368 e. The van der Waals surface area contributed by atoms with Gasteiger partial charge < -0.3 is 4.74 Å². The van der Waals surface area contributed by atoms with Crippen LogP contribution in [0.5, 0.6) is 0 Å². The van der Waals surface area contributed by atoms with Crippen LogP contribution >= 0.6 is 7.26 Å². The van der Waals surface area contributed by atoms with E-state index in [1.54, 1.807) is 5.30 Å². The first-order chi connectivity index (χ1) is 10.2. The van der Waals surface area contributed by atoms with Crippen LogP contribution in [-0.4, -0.2) is 24.5 Å². The van der Waals surface area contributed by atoms with E-state index in [0.717, 1.165) is 0 Å². The lowest BCUT2D eigenvalue weighted by Gasteiger charge is -2.37. The highest BCUT2D eigenvalue weighted by atomic mass is 31.2. The summed E-state index contributed by atoms with van der Waals surface area (Å²) in [5, 5.41) is 1.57. The SMILES string of the molecule is C[C@@H]1C[P+](Cc2ccccc2)(c2ccccc2)C[C@H](C)O1. The number of benzene rings is 2. The molecule has 0 N–H and O–H groups in total. The van der Waals surface area contributed by atoms with Gasteiger partial charge in [0.25, 0.3) is 0 Å². The quantitative estimate of drug-likeness (QED) is 0.766. The second-order valence-electron chi connectivity index (χ2n) is 6.25. The molecule has 3 atom stereocenters. The van der Waals surface area contributed by atoms with Gasteiger partial charge in [-0.2, -0.15) is 0 Å². The maximum absolute atomic E-state index is 6.03. The Hall–Kier alpha value is -1.17. The van der Waals surface area contributed by atoms with Gasteiger partial charge in [0.15, 0.2) is 0 Å². The van der Waals surface area contributed by atoms with Gasteiger partial charge in [-0.25, -0.2) is 0 Å². The predicted octanol–water partition coefficient (Wildman–Crippen LogP) is 4.34. The minimum absolute atomic E-state index is 0.367. The van der Waals surface area contributed by atoms with Gasteiger partial charge in [0, 0.05) is 0 Å². The molecule has 1 fully saturated rings. The topological polar surface area (TPSA) is 9.23 Å². The van der Waals surface area contributed by atoms with E-state index in [4.69, 9.17) is 4.74 Å². The third kappa shape index (κ3) is 3.36. The Balaban J connectivity index is 1.98. The summed E-state index contributed by atoms with van der Waals surface area (Å²) in [6.07, 6.45) is 4.35. The third-order valence-electron chi connectivity index (χ3n) is 4.31. The Kier molecular flexibility index (Phi) is 4.42. The fourth-order valence-electron chi connectivity index (χ4n) is 3.65. The first kappa shape index (κ1) is 14.8. The van der Waals surface area contributed by atoms with E-state index in [-0.39, 0.29) is 0 Å². The van der Waals surface area contributed by atoms with Gasteiger partial charge in [-0.15, -0.1) is 0 Å². The summed E-state index contributed by atoms with van der Waals surface area (Å²) in [7, 11) is -1.20. The fraction of sp³-hybridized carbons (Fsp3) is 0.368. The fourth-order valence-corrected chi connectivity index (χ4v) is 8.52. The van der Waals surface area contributed by atoms with Crippen molar-refractivity contribution in [2.45, 2.75) is 32.2 Å². The molecule has 1 aliphatic heterocycles. The zero-order chi connectivity index (χ0) is 14.7. The molecule has 0 amide bonds. The second-order valence-corrected chi connectivity index (χ2v) is 10.1. The van der Waals surface area contributed by atoms with Crippen molar-refractivity contribution in [2.75, 3.05) is 12.3 Å². The number of ether oxygens (including phenoxy) is 1. The molecule has 110 valence electrons.